The molecule has 0 unspecified atom stereocenters. The predicted octanol–water partition coefficient (Wildman–Crippen LogP) is 4.49. The van der Waals surface area contributed by atoms with Gasteiger partial charge in [0.2, 0.25) is 0 Å². The van der Waals surface area contributed by atoms with E-state index in [9.17, 15) is 9.90 Å². The van der Waals surface area contributed by atoms with E-state index in [0.717, 1.165) is 23.1 Å². The lowest BCUT2D eigenvalue weighted by Crippen LogP contribution is -2.07. The third-order valence-corrected chi connectivity index (χ3v) is 3.89. The Kier molecular flexibility index (Phi) is 4.86. The summed E-state index contributed by atoms with van der Waals surface area (Å²) in [7, 11) is 0. The molecular formula is C17H17ClO3. The van der Waals surface area contributed by atoms with Gasteiger partial charge in [-0.05, 0) is 36.1 Å². The number of ether oxygens (including phenoxy) is 1. The van der Waals surface area contributed by atoms with Gasteiger partial charge >= 0.3 is 5.97 Å². The Balaban J connectivity index is 2.37. The number of aryl methyl sites for hydroxylation is 1. The normalized spacial score (nSPS) is 10.4. The van der Waals surface area contributed by atoms with Crippen molar-refractivity contribution in [3.8, 4) is 5.75 Å². The topological polar surface area (TPSA) is 46.5 Å². The summed E-state index contributed by atoms with van der Waals surface area (Å²) in [5.41, 5.74) is 2.79. The van der Waals surface area contributed by atoms with Gasteiger partial charge in [0.1, 0.15) is 17.9 Å². The average molecular weight is 305 g/mol. The first-order valence-electron chi connectivity index (χ1n) is 6.76. The summed E-state index contributed by atoms with van der Waals surface area (Å²) in [6.45, 7) is 4.14. The molecule has 0 atom stereocenters. The zero-order chi connectivity index (χ0) is 15.4. The molecule has 1 N–H and O–H groups in total. The summed E-state index contributed by atoms with van der Waals surface area (Å²) < 4.78 is 5.70. The van der Waals surface area contributed by atoms with Crippen molar-refractivity contribution in [2.45, 2.75) is 26.9 Å². The van der Waals surface area contributed by atoms with Gasteiger partial charge in [-0.15, -0.1) is 0 Å². The highest BCUT2D eigenvalue weighted by atomic mass is 35.5. The summed E-state index contributed by atoms with van der Waals surface area (Å²) in [4.78, 5) is 11.4. The van der Waals surface area contributed by atoms with Gasteiger partial charge < -0.3 is 9.84 Å². The minimum atomic E-state index is -1.08. The molecule has 4 heteroatoms. The van der Waals surface area contributed by atoms with Crippen LogP contribution in [-0.2, 0) is 13.0 Å². The van der Waals surface area contributed by atoms with Gasteiger partial charge in [0, 0.05) is 0 Å². The molecule has 110 valence electrons. The molecule has 0 spiro atoms. The summed E-state index contributed by atoms with van der Waals surface area (Å²) in [5.74, 6) is -0.757. The largest absolute Gasteiger partial charge is 0.488 e. The van der Waals surface area contributed by atoms with Crippen LogP contribution < -0.4 is 4.74 Å². The fourth-order valence-corrected chi connectivity index (χ4v) is 2.49. The molecule has 21 heavy (non-hydrogen) atoms. The molecule has 3 nitrogen and oxygen atoms in total. The highest BCUT2D eigenvalue weighted by Gasteiger charge is 2.20. The molecule has 2 aromatic rings. The average Bonchev–Trinajstić information content (AvgIpc) is 2.48. The molecule has 2 rings (SSSR count). The Morgan fingerprint density at radius 2 is 1.95 bits per heavy atom. The number of rotatable bonds is 5. The molecule has 0 heterocycles. The summed E-state index contributed by atoms with van der Waals surface area (Å²) >= 11 is 6.20. The minimum Gasteiger partial charge on any atom is -0.488 e. The van der Waals surface area contributed by atoms with Crippen LogP contribution in [0, 0.1) is 6.92 Å². The Bertz CT molecular complexity index is 651. The second-order valence-electron chi connectivity index (χ2n) is 4.78. The standard InChI is InChI=1S/C17H17ClO3/c1-3-13-9-14(15(17(19)20)16(18)11(13)2)21-10-12-7-5-4-6-8-12/h4-9H,3,10H2,1-2H3,(H,19,20). The van der Waals surface area contributed by atoms with E-state index in [1.54, 1.807) is 6.07 Å². The van der Waals surface area contributed by atoms with E-state index in [1.807, 2.05) is 44.2 Å². The maximum Gasteiger partial charge on any atom is 0.341 e. The lowest BCUT2D eigenvalue weighted by molar-refractivity contribution is 0.0692. The molecular weight excluding hydrogens is 288 g/mol. The van der Waals surface area contributed by atoms with Crippen LogP contribution in [0.3, 0.4) is 0 Å². The van der Waals surface area contributed by atoms with Gasteiger partial charge in [0.05, 0.1) is 5.02 Å². The molecule has 0 amide bonds. The second-order valence-corrected chi connectivity index (χ2v) is 5.16. The fourth-order valence-electron chi connectivity index (χ4n) is 2.19. The van der Waals surface area contributed by atoms with E-state index in [-0.39, 0.29) is 10.6 Å². The number of carbonyl (C=O) groups is 1. The Labute approximate surface area is 129 Å². The Morgan fingerprint density at radius 1 is 1.29 bits per heavy atom. The minimum absolute atomic E-state index is 0.0299. The van der Waals surface area contributed by atoms with E-state index in [4.69, 9.17) is 16.3 Å². The smallest absolute Gasteiger partial charge is 0.341 e. The Morgan fingerprint density at radius 3 is 2.52 bits per heavy atom. The SMILES string of the molecule is CCc1cc(OCc2ccccc2)c(C(=O)O)c(Cl)c1C. The van der Waals surface area contributed by atoms with Gasteiger partial charge in [-0.3, -0.25) is 0 Å². The van der Waals surface area contributed by atoms with Crippen molar-refractivity contribution < 1.29 is 14.6 Å². The molecule has 0 radical (unpaired) electrons. The van der Waals surface area contributed by atoms with Gasteiger partial charge in [-0.25, -0.2) is 4.79 Å². The number of benzene rings is 2. The highest BCUT2D eigenvalue weighted by Crippen LogP contribution is 2.33. The predicted molar refractivity (Wildman–Crippen MR) is 83.3 cm³/mol. The second kappa shape index (κ2) is 6.64. The monoisotopic (exact) mass is 304 g/mol. The van der Waals surface area contributed by atoms with Crippen molar-refractivity contribution in [2.24, 2.45) is 0 Å². The maximum absolute atomic E-state index is 11.4. The number of carboxylic acids is 1. The van der Waals surface area contributed by atoms with Crippen molar-refractivity contribution in [1.29, 1.82) is 0 Å². The van der Waals surface area contributed by atoms with Gasteiger partial charge in [-0.1, -0.05) is 48.9 Å². The summed E-state index contributed by atoms with van der Waals surface area (Å²) in [5, 5.41) is 9.62. The fraction of sp³-hybridized carbons (Fsp3) is 0.235. The van der Waals surface area contributed by atoms with Crippen molar-refractivity contribution in [2.75, 3.05) is 0 Å². The first-order valence-corrected chi connectivity index (χ1v) is 7.14. The van der Waals surface area contributed by atoms with Crippen molar-refractivity contribution in [3.05, 3.63) is 63.7 Å². The zero-order valence-electron chi connectivity index (χ0n) is 12.0. The number of carboxylic acid groups (broad SMARTS) is 1. The third-order valence-electron chi connectivity index (χ3n) is 3.41. The number of hydrogen-bond donors (Lipinski definition) is 1. The number of aromatic carboxylic acids is 1. The lowest BCUT2D eigenvalue weighted by Gasteiger charge is -2.15. The molecule has 0 saturated carbocycles. The van der Waals surface area contributed by atoms with Gasteiger partial charge in [0.25, 0.3) is 0 Å². The number of halogens is 1. The van der Waals surface area contributed by atoms with Crippen LogP contribution in [0.25, 0.3) is 0 Å². The lowest BCUT2D eigenvalue weighted by atomic mass is 10.0. The van der Waals surface area contributed by atoms with E-state index in [2.05, 4.69) is 0 Å². The Hall–Kier alpha value is -2.00. The van der Waals surface area contributed by atoms with Crippen LogP contribution in [0.1, 0.15) is 34.0 Å². The quantitative estimate of drug-likeness (QED) is 0.885. The maximum atomic E-state index is 11.4. The van der Waals surface area contributed by atoms with Crippen LogP contribution in [-0.4, -0.2) is 11.1 Å². The molecule has 0 bridgehead atoms. The van der Waals surface area contributed by atoms with Gasteiger partial charge in [0.15, 0.2) is 0 Å². The van der Waals surface area contributed by atoms with Crippen LogP contribution in [0.15, 0.2) is 36.4 Å². The van der Waals surface area contributed by atoms with Crippen molar-refractivity contribution in [3.63, 3.8) is 0 Å². The van der Waals surface area contributed by atoms with E-state index in [1.165, 1.54) is 0 Å². The molecule has 0 aliphatic rings. The van der Waals surface area contributed by atoms with E-state index >= 15 is 0 Å². The van der Waals surface area contributed by atoms with E-state index < -0.39 is 5.97 Å². The highest BCUT2D eigenvalue weighted by molar-refractivity contribution is 6.34. The molecule has 0 fully saturated rings. The van der Waals surface area contributed by atoms with Crippen LogP contribution in [0.2, 0.25) is 5.02 Å². The van der Waals surface area contributed by atoms with Crippen LogP contribution in [0.4, 0.5) is 0 Å². The zero-order valence-corrected chi connectivity index (χ0v) is 12.8. The summed E-state index contributed by atoms with van der Waals surface area (Å²) in [6, 6.07) is 11.4. The molecule has 0 aromatic heterocycles. The first kappa shape index (κ1) is 15.4. The third kappa shape index (κ3) is 3.37. The molecule has 0 saturated heterocycles. The van der Waals surface area contributed by atoms with Crippen molar-refractivity contribution in [1.82, 2.24) is 0 Å². The number of hydrogen-bond acceptors (Lipinski definition) is 2. The van der Waals surface area contributed by atoms with Crippen molar-refractivity contribution >= 4 is 17.6 Å². The first-order chi connectivity index (χ1) is 10.0. The van der Waals surface area contributed by atoms with Crippen LogP contribution >= 0.6 is 11.6 Å². The summed E-state index contributed by atoms with van der Waals surface area (Å²) in [6.07, 6.45) is 0.771. The molecule has 2 aromatic carbocycles. The molecule has 0 aliphatic carbocycles. The molecule has 0 aliphatic heterocycles. The van der Waals surface area contributed by atoms with E-state index in [0.29, 0.717) is 12.4 Å². The van der Waals surface area contributed by atoms with Gasteiger partial charge in [-0.2, -0.15) is 0 Å². The van der Waals surface area contributed by atoms with Crippen LogP contribution in [0.5, 0.6) is 5.75 Å².